The standard InChI is InChI=1S/C6H12N2S2.C5H5N/c1-3-5(9)7-8-6(10)4-2;1-2-4-6-5-3-1/h3-4H2,1-2H3,(H,7,9)(H,8,10);1-5H. The zero-order chi connectivity index (χ0) is 12.2. The van der Waals surface area contributed by atoms with Gasteiger partial charge in [-0.05, 0) is 25.0 Å². The molecular weight excluding hydrogens is 238 g/mol. The van der Waals surface area contributed by atoms with Crippen LogP contribution in [-0.4, -0.2) is 15.0 Å². The van der Waals surface area contributed by atoms with E-state index in [-0.39, 0.29) is 0 Å². The molecule has 0 spiro atoms. The average Bonchev–Trinajstić information content (AvgIpc) is 2.38. The number of nitrogens with zero attached hydrogens (tertiary/aromatic N) is 1. The van der Waals surface area contributed by atoms with Crippen molar-refractivity contribution in [2.45, 2.75) is 26.7 Å². The topological polar surface area (TPSA) is 37.0 Å². The molecule has 1 rings (SSSR count). The van der Waals surface area contributed by atoms with E-state index in [1.165, 1.54) is 0 Å². The molecule has 0 radical (unpaired) electrons. The number of pyridine rings is 1. The molecule has 0 amide bonds. The summed E-state index contributed by atoms with van der Waals surface area (Å²) in [6, 6.07) is 5.72. The molecule has 5 heteroatoms. The molecule has 2 N–H and O–H groups in total. The van der Waals surface area contributed by atoms with Crippen molar-refractivity contribution in [3.63, 3.8) is 0 Å². The molecule has 0 aliphatic heterocycles. The summed E-state index contributed by atoms with van der Waals surface area (Å²) in [6.45, 7) is 3.98. The maximum absolute atomic E-state index is 4.89. The molecule has 1 heterocycles. The third-order valence-electron chi connectivity index (χ3n) is 1.55. The first-order valence-corrected chi connectivity index (χ1v) is 5.95. The van der Waals surface area contributed by atoms with E-state index in [0.717, 1.165) is 22.8 Å². The van der Waals surface area contributed by atoms with Gasteiger partial charge in [-0.25, -0.2) is 0 Å². The van der Waals surface area contributed by atoms with Crippen molar-refractivity contribution < 1.29 is 0 Å². The molecule has 1 aromatic rings. The van der Waals surface area contributed by atoms with Crippen LogP contribution in [0.3, 0.4) is 0 Å². The zero-order valence-corrected chi connectivity index (χ0v) is 11.2. The first kappa shape index (κ1) is 14.9. The van der Waals surface area contributed by atoms with Gasteiger partial charge in [0.15, 0.2) is 0 Å². The van der Waals surface area contributed by atoms with Gasteiger partial charge in [0, 0.05) is 12.4 Å². The number of hydrogen-bond donors (Lipinski definition) is 2. The third-order valence-corrected chi connectivity index (χ3v) is 2.33. The largest absolute Gasteiger partial charge is 0.294 e. The number of hydrogen-bond acceptors (Lipinski definition) is 3. The Hall–Kier alpha value is -1.07. The van der Waals surface area contributed by atoms with Crippen LogP contribution in [0.4, 0.5) is 0 Å². The summed E-state index contributed by atoms with van der Waals surface area (Å²) in [7, 11) is 0. The van der Waals surface area contributed by atoms with Crippen LogP contribution in [0.2, 0.25) is 0 Å². The van der Waals surface area contributed by atoms with Gasteiger partial charge in [0.1, 0.15) is 0 Å². The van der Waals surface area contributed by atoms with Gasteiger partial charge < -0.3 is 0 Å². The van der Waals surface area contributed by atoms with Crippen molar-refractivity contribution >= 4 is 34.4 Å². The van der Waals surface area contributed by atoms with E-state index in [1.54, 1.807) is 12.4 Å². The van der Waals surface area contributed by atoms with Gasteiger partial charge >= 0.3 is 0 Å². The molecule has 0 bridgehead atoms. The van der Waals surface area contributed by atoms with Crippen LogP contribution in [0.15, 0.2) is 30.6 Å². The third kappa shape index (κ3) is 9.48. The lowest BCUT2D eigenvalue weighted by Crippen LogP contribution is -2.39. The maximum Gasteiger partial charge on any atom is 0.0937 e. The Bertz CT molecular complexity index is 259. The molecule has 16 heavy (non-hydrogen) atoms. The van der Waals surface area contributed by atoms with Crippen LogP contribution in [0.5, 0.6) is 0 Å². The summed E-state index contributed by atoms with van der Waals surface area (Å²) in [4.78, 5) is 5.36. The molecule has 0 aliphatic carbocycles. The quantitative estimate of drug-likeness (QED) is 0.627. The van der Waals surface area contributed by atoms with Gasteiger partial charge in [0.2, 0.25) is 0 Å². The number of rotatable bonds is 2. The Morgan fingerprint density at radius 1 is 0.938 bits per heavy atom. The van der Waals surface area contributed by atoms with Crippen molar-refractivity contribution in [3.8, 4) is 0 Å². The van der Waals surface area contributed by atoms with E-state index in [9.17, 15) is 0 Å². The summed E-state index contributed by atoms with van der Waals surface area (Å²) in [5.74, 6) is 0. The molecule has 88 valence electrons. The molecule has 3 nitrogen and oxygen atoms in total. The van der Waals surface area contributed by atoms with Gasteiger partial charge in [0.25, 0.3) is 0 Å². The van der Waals surface area contributed by atoms with Crippen molar-refractivity contribution in [2.24, 2.45) is 0 Å². The SMILES string of the molecule is CCC(=S)NNC(=S)CC.c1ccncc1. The molecule has 0 aliphatic rings. The van der Waals surface area contributed by atoms with E-state index in [4.69, 9.17) is 24.4 Å². The lowest BCUT2D eigenvalue weighted by molar-refractivity contribution is 0.853. The molecule has 0 saturated heterocycles. The smallest absolute Gasteiger partial charge is 0.0937 e. The average molecular weight is 255 g/mol. The van der Waals surface area contributed by atoms with Gasteiger partial charge in [-0.3, -0.25) is 15.8 Å². The minimum absolute atomic E-state index is 0.788. The van der Waals surface area contributed by atoms with Crippen LogP contribution in [0.1, 0.15) is 26.7 Å². The van der Waals surface area contributed by atoms with Gasteiger partial charge in [-0.1, -0.05) is 44.3 Å². The summed E-state index contributed by atoms with van der Waals surface area (Å²) in [5.41, 5.74) is 5.65. The van der Waals surface area contributed by atoms with Crippen LogP contribution in [0, 0.1) is 0 Å². The first-order valence-electron chi connectivity index (χ1n) is 5.13. The van der Waals surface area contributed by atoms with Crippen molar-refractivity contribution in [3.05, 3.63) is 30.6 Å². The fourth-order valence-corrected chi connectivity index (χ4v) is 0.731. The highest BCUT2D eigenvalue weighted by Gasteiger charge is 1.91. The number of hydrazine groups is 1. The minimum Gasteiger partial charge on any atom is -0.294 e. The van der Waals surface area contributed by atoms with E-state index in [2.05, 4.69) is 15.8 Å². The minimum atomic E-state index is 0.788. The molecule has 0 aromatic carbocycles. The summed E-state index contributed by atoms with van der Waals surface area (Å²) >= 11 is 9.78. The van der Waals surface area contributed by atoms with E-state index >= 15 is 0 Å². The lowest BCUT2D eigenvalue weighted by Gasteiger charge is -2.07. The molecule has 0 saturated carbocycles. The molecule has 1 aromatic heterocycles. The normalized spacial score (nSPS) is 8.38. The van der Waals surface area contributed by atoms with Crippen LogP contribution in [-0.2, 0) is 0 Å². The summed E-state index contributed by atoms with van der Waals surface area (Å²) in [6.07, 6.45) is 5.18. The predicted molar refractivity (Wildman–Crippen MR) is 76.3 cm³/mol. The van der Waals surface area contributed by atoms with Crippen LogP contribution >= 0.6 is 24.4 Å². The van der Waals surface area contributed by atoms with Gasteiger partial charge in [-0.15, -0.1) is 0 Å². The predicted octanol–water partition coefficient (Wildman–Crippen LogP) is 2.64. The highest BCUT2D eigenvalue weighted by molar-refractivity contribution is 7.80. The highest BCUT2D eigenvalue weighted by atomic mass is 32.1. The maximum atomic E-state index is 4.89. The highest BCUT2D eigenvalue weighted by Crippen LogP contribution is 1.80. The van der Waals surface area contributed by atoms with Crippen LogP contribution in [0.25, 0.3) is 0 Å². The zero-order valence-electron chi connectivity index (χ0n) is 9.56. The monoisotopic (exact) mass is 255 g/mol. The summed E-state index contributed by atoms with van der Waals surface area (Å²) < 4.78 is 0. The van der Waals surface area contributed by atoms with Gasteiger partial charge in [-0.2, -0.15) is 0 Å². The number of aromatic nitrogens is 1. The fraction of sp³-hybridized carbons (Fsp3) is 0.364. The molecule has 0 unspecified atom stereocenters. The molecule has 0 fully saturated rings. The Morgan fingerprint density at radius 3 is 1.56 bits per heavy atom. The van der Waals surface area contributed by atoms with Crippen molar-refractivity contribution in [2.75, 3.05) is 0 Å². The van der Waals surface area contributed by atoms with E-state index in [0.29, 0.717) is 0 Å². The number of nitrogens with one attached hydrogen (secondary N) is 2. The first-order chi connectivity index (χ1) is 7.70. The summed E-state index contributed by atoms with van der Waals surface area (Å²) in [5, 5.41) is 0. The van der Waals surface area contributed by atoms with Crippen molar-refractivity contribution in [1.82, 2.24) is 15.8 Å². The van der Waals surface area contributed by atoms with Crippen molar-refractivity contribution in [1.29, 1.82) is 0 Å². The van der Waals surface area contributed by atoms with E-state index in [1.807, 2.05) is 32.0 Å². The molecular formula is C11H17N3S2. The lowest BCUT2D eigenvalue weighted by atomic mass is 10.5. The Labute approximate surface area is 108 Å². The Balaban J connectivity index is 0.000000315. The second kappa shape index (κ2) is 10.4. The Morgan fingerprint density at radius 2 is 1.38 bits per heavy atom. The second-order valence-electron chi connectivity index (χ2n) is 2.83. The van der Waals surface area contributed by atoms with Gasteiger partial charge in [0.05, 0.1) is 9.98 Å². The fourth-order valence-electron chi connectivity index (χ4n) is 0.629. The second-order valence-corrected chi connectivity index (χ2v) is 3.81. The van der Waals surface area contributed by atoms with Crippen LogP contribution < -0.4 is 10.9 Å². The molecule has 0 atom stereocenters. The van der Waals surface area contributed by atoms with E-state index < -0.39 is 0 Å². The Kier molecular flexibility index (Phi) is 9.75. The number of thiocarbonyl (C=S) groups is 2.